The molecular formula is C15H22ClNO. The van der Waals surface area contributed by atoms with Crippen molar-refractivity contribution in [2.75, 3.05) is 26.2 Å². The van der Waals surface area contributed by atoms with Crippen LogP contribution < -0.4 is 4.74 Å². The Kier molecular flexibility index (Phi) is 4.90. The van der Waals surface area contributed by atoms with Crippen LogP contribution >= 0.6 is 11.6 Å². The van der Waals surface area contributed by atoms with E-state index in [4.69, 9.17) is 16.3 Å². The number of halogens is 1. The van der Waals surface area contributed by atoms with Crippen molar-refractivity contribution >= 4 is 11.6 Å². The van der Waals surface area contributed by atoms with Crippen LogP contribution in [0.2, 0.25) is 5.02 Å². The van der Waals surface area contributed by atoms with Crippen LogP contribution in [0.1, 0.15) is 38.2 Å². The maximum Gasteiger partial charge on any atom is 0.137 e. The molecule has 0 unspecified atom stereocenters. The van der Waals surface area contributed by atoms with Crippen LogP contribution in [0.4, 0.5) is 0 Å². The molecule has 1 heterocycles. The molecule has 0 amide bonds. The summed E-state index contributed by atoms with van der Waals surface area (Å²) in [4.78, 5) is 2.44. The second kappa shape index (κ2) is 6.44. The second-order valence-electron chi connectivity index (χ2n) is 5.24. The molecule has 1 fully saturated rings. The number of rotatable bonds is 5. The van der Waals surface area contributed by atoms with E-state index in [-0.39, 0.29) is 0 Å². The standard InChI is InChI=1S/C15H22ClNO/c1-12(2)13-5-6-15(14(16)11-13)18-10-9-17-7-3-4-8-17/h5-6,11-12H,3-4,7-10H2,1-2H3. The van der Waals surface area contributed by atoms with Crippen LogP contribution in [0.3, 0.4) is 0 Å². The molecule has 0 N–H and O–H groups in total. The highest BCUT2D eigenvalue weighted by Gasteiger charge is 2.11. The van der Waals surface area contributed by atoms with E-state index in [1.54, 1.807) is 0 Å². The maximum absolute atomic E-state index is 6.23. The van der Waals surface area contributed by atoms with E-state index in [1.165, 1.54) is 31.5 Å². The molecule has 0 spiro atoms. The van der Waals surface area contributed by atoms with Crippen molar-refractivity contribution in [1.29, 1.82) is 0 Å². The van der Waals surface area contributed by atoms with Gasteiger partial charge in [-0.1, -0.05) is 31.5 Å². The fourth-order valence-electron chi connectivity index (χ4n) is 2.28. The molecule has 0 saturated carbocycles. The topological polar surface area (TPSA) is 12.5 Å². The van der Waals surface area contributed by atoms with Gasteiger partial charge >= 0.3 is 0 Å². The molecule has 18 heavy (non-hydrogen) atoms. The van der Waals surface area contributed by atoms with Gasteiger partial charge in [-0.05, 0) is 49.5 Å². The highest BCUT2D eigenvalue weighted by atomic mass is 35.5. The van der Waals surface area contributed by atoms with Gasteiger partial charge in [-0.25, -0.2) is 0 Å². The maximum atomic E-state index is 6.23. The minimum Gasteiger partial charge on any atom is -0.491 e. The fraction of sp³-hybridized carbons (Fsp3) is 0.600. The molecule has 1 aliphatic rings. The van der Waals surface area contributed by atoms with Gasteiger partial charge in [-0.2, -0.15) is 0 Å². The molecule has 0 atom stereocenters. The Bertz CT molecular complexity index is 386. The molecule has 3 heteroatoms. The van der Waals surface area contributed by atoms with Gasteiger partial charge < -0.3 is 4.74 Å². The first kappa shape index (κ1) is 13.7. The number of benzene rings is 1. The minimum absolute atomic E-state index is 0.501. The van der Waals surface area contributed by atoms with Gasteiger partial charge in [0.15, 0.2) is 0 Å². The summed E-state index contributed by atoms with van der Waals surface area (Å²) in [5.41, 5.74) is 1.26. The first-order chi connectivity index (χ1) is 8.66. The zero-order valence-corrected chi connectivity index (χ0v) is 12.0. The summed E-state index contributed by atoms with van der Waals surface area (Å²) in [6.45, 7) is 8.48. The van der Waals surface area contributed by atoms with Gasteiger partial charge in [0.1, 0.15) is 12.4 Å². The van der Waals surface area contributed by atoms with Crippen LogP contribution in [-0.4, -0.2) is 31.1 Å². The molecule has 2 rings (SSSR count). The largest absolute Gasteiger partial charge is 0.491 e. The molecular weight excluding hydrogens is 246 g/mol. The molecule has 2 nitrogen and oxygen atoms in total. The summed E-state index contributed by atoms with van der Waals surface area (Å²) >= 11 is 6.23. The highest BCUT2D eigenvalue weighted by molar-refractivity contribution is 6.32. The highest BCUT2D eigenvalue weighted by Crippen LogP contribution is 2.28. The van der Waals surface area contributed by atoms with Crippen LogP contribution in [-0.2, 0) is 0 Å². The summed E-state index contributed by atoms with van der Waals surface area (Å²) in [5.74, 6) is 1.31. The first-order valence-electron chi connectivity index (χ1n) is 6.81. The summed E-state index contributed by atoms with van der Waals surface area (Å²) < 4.78 is 5.76. The average Bonchev–Trinajstić information content (AvgIpc) is 2.84. The Labute approximate surface area is 115 Å². The second-order valence-corrected chi connectivity index (χ2v) is 5.65. The van der Waals surface area contributed by atoms with E-state index >= 15 is 0 Å². The van der Waals surface area contributed by atoms with Crippen molar-refractivity contribution in [2.45, 2.75) is 32.6 Å². The van der Waals surface area contributed by atoms with E-state index in [1.807, 2.05) is 12.1 Å². The molecule has 0 bridgehead atoms. The Morgan fingerprint density at radius 1 is 1.28 bits per heavy atom. The molecule has 100 valence electrons. The number of hydrogen-bond acceptors (Lipinski definition) is 2. The molecule has 1 aliphatic heterocycles. The average molecular weight is 268 g/mol. The number of nitrogens with zero attached hydrogens (tertiary/aromatic N) is 1. The van der Waals surface area contributed by atoms with Crippen molar-refractivity contribution in [2.24, 2.45) is 0 Å². The number of ether oxygens (including phenoxy) is 1. The third kappa shape index (κ3) is 3.63. The number of hydrogen-bond donors (Lipinski definition) is 0. The predicted molar refractivity (Wildman–Crippen MR) is 76.7 cm³/mol. The normalized spacial score (nSPS) is 16.4. The van der Waals surface area contributed by atoms with E-state index in [9.17, 15) is 0 Å². The summed E-state index contributed by atoms with van der Waals surface area (Å²) in [6.07, 6.45) is 2.65. The van der Waals surface area contributed by atoms with Gasteiger partial charge in [0.2, 0.25) is 0 Å². The summed E-state index contributed by atoms with van der Waals surface area (Å²) in [6, 6.07) is 6.10. The molecule has 0 aromatic heterocycles. The van der Waals surface area contributed by atoms with Crippen molar-refractivity contribution in [3.8, 4) is 5.75 Å². The third-order valence-electron chi connectivity index (χ3n) is 3.49. The summed E-state index contributed by atoms with van der Waals surface area (Å²) in [5, 5.41) is 0.725. The van der Waals surface area contributed by atoms with Crippen LogP contribution in [0, 0.1) is 0 Å². The zero-order valence-electron chi connectivity index (χ0n) is 11.3. The van der Waals surface area contributed by atoms with Crippen molar-refractivity contribution in [3.63, 3.8) is 0 Å². The SMILES string of the molecule is CC(C)c1ccc(OCCN2CCCC2)c(Cl)c1. The molecule has 0 radical (unpaired) electrons. The molecule has 0 aliphatic carbocycles. The van der Waals surface area contributed by atoms with Crippen LogP contribution in [0.25, 0.3) is 0 Å². The summed E-state index contributed by atoms with van der Waals surface area (Å²) in [7, 11) is 0. The van der Waals surface area contributed by atoms with Crippen LogP contribution in [0.5, 0.6) is 5.75 Å². The van der Waals surface area contributed by atoms with Crippen LogP contribution in [0.15, 0.2) is 18.2 Å². The lowest BCUT2D eigenvalue weighted by Crippen LogP contribution is -2.25. The lowest BCUT2D eigenvalue weighted by molar-refractivity contribution is 0.238. The van der Waals surface area contributed by atoms with Gasteiger partial charge in [0, 0.05) is 6.54 Å². The lowest BCUT2D eigenvalue weighted by atomic mass is 10.0. The first-order valence-corrected chi connectivity index (χ1v) is 7.19. The molecule has 1 saturated heterocycles. The lowest BCUT2D eigenvalue weighted by Gasteiger charge is -2.16. The van der Waals surface area contributed by atoms with Crippen molar-refractivity contribution in [3.05, 3.63) is 28.8 Å². The fourth-order valence-corrected chi connectivity index (χ4v) is 2.53. The van der Waals surface area contributed by atoms with Crippen molar-refractivity contribution in [1.82, 2.24) is 4.90 Å². The predicted octanol–water partition coefficient (Wildman–Crippen LogP) is 3.94. The molecule has 1 aromatic rings. The smallest absolute Gasteiger partial charge is 0.137 e. The van der Waals surface area contributed by atoms with E-state index in [0.717, 1.165) is 23.9 Å². The van der Waals surface area contributed by atoms with Gasteiger partial charge in [0.25, 0.3) is 0 Å². The van der Waals surface area contributed by atoms with Gasteiger partial charge in [-0.3, -0.25) is 4.90 Å². The van der Waals surface area contributed by atoms with E-state index < -0.39 is 0 Å². The number of likely N-dealkylation sites (tertiary alicyclic amines) is 1. The molecule has 1 aromatic carbocycles. The Balaban J connectivity index is 1.85. The van der Waals surface area contributed by atoms with Gasteiger partial charge in [-0.15, -0.1) is 0 Å². The quantitative estimate of drug-likeness (QED) is 0.801. The van der Waals surface area contributed by atoms with E-state index in [2.05, 4.69) is 24.8 Å². The Morgan fingerprint density at radius 2 is 2.00 bits per heavy atom. The van der Waals surface area contributed by atoms with Gasteiger partial charge in [0.05, 0.1) is 5.02 Å². The van der Waals surface area contributed by atoms with E-state index in [0.29, 0.717) is 5.92 Å². The Morgan fingerprint density at radius 3 is 2.61 bits per heavy atom. The Hall–Kier alpha value is -0.730. The monoisotopic (exact) mass is 267 g/mol. The third-order valence-corrected chi connectivity index (χ3v) is 3.78. The minimum atomic E-state index is 0.501. The zero-order chi connectivity index (χ0) is 13.0. The van der Waals surface area contributed by atoms with Crippen molar-refractivity contribution < 1.29 is 4.74 Å².